The summed E-state index contributed by atoms with van der Waals surface area (Å²) in [6, 6.07) is 15.8. The molecular weight excluding hydrogens is 340 g/mol. The third-order valence-corrected chi connectivity index (χ3v) is 5.43. The van der Waals surface area contributed by atoms with Crippen LogP contribution in [0.1, 0.15) is 21.5 Å². The van der Waals surface area contributed by atoms with Crippen LogP contribution in [0.4, 0.5) is 0 Å². The number of aromatic nitrogens is 4. The number of benzene rings is 2. The number of likely N-dealkylation sites (N-methyl/N-ethyl adjacent to an activating group) is 1. The molecule has 27 heavy (non-hydrogen) atoms. The van der Waals surface area contributed by atoms with Crippen LogP contribution in [0, 0.1) is 0 Å². The fourth-order valence-corrected chi connectivity index (χ4v) is 3.67. The zero-order valence-electron chi connectivity index (χ0n) is 15.5. The summed E-state index contributed by atoms with van der Waals surface area (Å²) in [6.45, 7) is 0.599. The van der Waals surface area contributed by atoms with Crippen LogP contribution < -0.4 is 5.32 Å². The van der Waals surface area contributed by atoms with Crippen molar-refractivity contribution in [1.29, 1.82) is 0 Å². The van der Waals surface area contributed by atoms with Gasteiger partial charge in [-0.3, -0.25) is 4.79 Å². The van der Waals surface area contributed by atoms with Crippen LogP contribution in [0.3, 0.4) is 0 Å². The normalized spacial score (nSPS) is 14.9. The highest BCUT2D eigenvalue weighted by Crippen LogP contribution is 2.33. The highest BCUT2D eigenvalue weighted by Gasteiger charge is 2.39. The molecule has 0 bridgehead atoms. The lowest BCUT2D eigenvalue weighted by Crippen LogP contribution is -2.53. The van der Waals surface area contributed by atoms with E-state index in [9.17, 15) is 4.79 Å². The molecule has 0 atom stereocenters. The van der Waals surface area contributed by atoms with Crippen molar-refractivity contribution in [2.75, 3.05) is 20.6 Å². The van der Waals surface area contributed by atoms with Crippen molar-refractivity contribution in [3.8, 4) is 5.69 Å². The number of hydrogen-bond acceptors (Lipinski definition) is 5. The molecule has 3 aromatic rings. The van der Waals surface area contributed by atoms with Gasteiger partial charge in [0, 0.05) is 17.6 Å². The molecule has 0 saturated heterocycles. The third-order valence-electron chi connectivity index (χ3n) is 5.43. The molecule has 7 heteroatoms. The largest absolute Gasteiger partial charge is 0.350 e. The Hall–Kier alpha value is -3.06. The van der Waals surface area contributed by atoms with Crippen LogP contribution in [0.5, 0.6) is 0 Å². The smallest absolute Gasteiger partial charge is 0.251 e. The average molecular weight is 362 g/mol. The van der Waals surface area contributed by atoms with Gasteiger partial charge in [-0.1, -0.05) is 24.3 Å². The van der Waals surface area contributed by atoms with Crippen LogP contribution in [-0.4, -0.2) is 57.2 Å². The maximum absolute atomic E-state index is 12.7. The van der Waals surface area contributed by atoms with Gasteiger partial charge in [-0.25, -0.2) is 4.68 Å². The Morgan fingerprint density at radius 1 is 1.11 bits per heavy atom. The van der Waals surface area contributed by atoms with Gasteiger partial charge >= 0.3 is 0 Å². The second-order valence-corrected chi connectivity index (χ2v) is 7.22. The number of hydrogen-bond donors (Lipinski definition) is 1. The number of nitrogens with one attached hydrogen (secondary N) is 1. The number of rotatable bonds is 5. The van der Waals surface area contributed by atoms with Crippen LogP contribution in [0.15, 0.2) is 54.9 Å². The maximum Gasteiger partial charge on any atom is 0.251 e. The molecule has 1 aromatic heterocycles. The Labute approximate surface area is 158 Å². The number of nitrogens with zero attached hydrogens (tertiary/aromatic N) is 5. The van der Waals surface area contributed by atoms with E-state index in [1.807, 2.05) is 12.1 Å². The predicted octanol–water partition coefficient (Wildman–Crippen LogP) is 1.49. The van der Waals surface area contributed by atoms with Crippen molar-refractivity contribution >= 4 is 5.91 Å². The van der Waals surface area contributed by atoms with E-state index in [1.54, 1.807) is 16.8 Å². The molecular formula is C20H22N6O. The Bertz CT molecular complexity index is 908. The summed E-state index contributed by atoms with van der Waals surface area (Å²) in [5, 5.41) is 14.2. The van der Waals surface area contributed by atoms with Crippen molar-refractivity contribution in [3.63, 3.8) is 0 Å². The number of carbonyl (C=O) groups excluding carboxylic acids is 1. The van der Waals surface area contributed by atoms with Crippen molar-refractivity contribution in [1.82, 2.24) is 30.4 Å². The van der Waals surface area contributed by atoms with E-state index in [-0.39, 0.29) is 11.4 Å². The van der Waals surface area contributed by atoms with E-state index in [1.165, 1.54) is 17.5 Å². The molecule has 0 aliphatic heterocycles. The summed E-state index contributed by atoms with van der Waals surface area (Å²) in [4.78, 5) is 14.9. The summed E-state index contributed by atoms with van der Waals surface area (Å²) >= 11 is 0. The van der Waals surface area contributed by atoms with Crippen molar-refractivity contribution in [3.05, 3.63) is 71.5 Å². The zero-order valence-corrected chi connectivity index (χ0v) is 15.5. The molecule has 138 valence electrons. The van der Waals surface area contributed by atoms with Crippen LogP contribution in [-0.2, 0) is 12.8 Å². The highest BCUT2D eigenvalue weighted by atomic mass is 16.1. The molecule has 0 radical (unpaired) electrons. The lowest BCUT2D eigenvalue weighted by molar-refractivity contribution is 0.0903. The third kappa shape index (κ3) is 3.33. The van der Waals surface area contributed by atoms with E-state index in [0.29, 0.717) is 12.1 Å². The molecule has 7 nitrogen and oxygen atoms in total. The van der Waals surface area contributed by atoms with E-state index in [2.05, 4.69) is 64.1 Å². The summed E-state index contributed by atoms with van der Waals surface area (Å²) in [5.74, 6) is -0.0737. The molecule has 2 aromatic carbocycles. The van der Waals surface area contributed by atoms with Crippen molar-refractivity contribution in [2.24, 2.45) is 0 Å². The van der Waals surface area contributed by atoms with Gasteiger partial charge in [-0.15, -0.1) is 5.10 Å². The second kappa shape index (κ2) is 6.92. The Balaban J connectivity index is 1.45. The zero-order chi connectivity index (χ0) is 18.9. The predicted molar refractivity (Wildman–Crippen MR) is 102 cm³/mol. The second-order valence-electron chi connectivity index (χ2n) is 7.22. The van der Waals surface area contributed by atoms with E-state index in [0.717, 1.165) is 18.5 Å². The Kier molecular flexibility index (Phi) is 4.45. The minimum absolute atomic E-state index is 0.0737. The Morgan fingerprint density at radius 3 is 2.33 bits per heavy atom. The monoisotopic (exact) mass is 362 g/mol. The van der Waals surface area contributed by atoms with Crippen molar-refractivity contribution in [2.45, 2.75) is 18.4 Å². The molecule has 1 amide bonds. The molecule has 1 heterocycles. The number of amides is 1. The van der Waals surface area contributed by atoms with Gasteiger partial charge in [0.15, 0.2) is 0 Å². The molecule has 0 saturated carbocycles. The van der Waals surface area contributed by atoms with Gasteiger partial charge in [0.05, 0.1) is 5.69 Å². The van der Waals surface area contributed by atoms with E-state index < -0.39 is 0 Å². The lowest BCUT2D eigenvalue weighted by atomic mass is 9.94. The van der Waals surface area contributed by atoms with Gasteiger partial charge in [-0.05, 0) is 72.8 Å². The number of carbonyl (C=O) groups is 1. The highest BCUT2D eigenvalue weighted by molar-refractivity contribution is 5.94. The molecule has 0 fully saturated rings. The van der Waals surface area contributed by atoms with E-state index in [4.69, 9.17) is 0 Å². The first kappa shape index (κ1) is 17.4. The minimum Gasteiger partial charge on any atom is -0.350 e. The summed E-state index contributed by atoms with van der Waals surface area (Å²) in [7, 11) is 4.16. The summed E-state index contributed by atoms with van der Waals surface area (Å²) < 4.78 is 1.55. The van der Waals surface area contributed by atoms with Gasteiger partial charge in [0.2, 0.25) is 0 Å². The maximum atomic E-state index is 12.7. The standard InChI is InChI=1S/C20H22N6O/c1-25(2)20(11-16-5-3-4-6-17(16)12-20)13-21-19(27)15-7-9-18(10-8-15)26-14-22-23-24-26/h3-10,14H,11-13H2,1-2H3,(H,21,27). The summed E-state index contributed by atoms with van der Waals surface area (Å²) in [6.07, 6.45) is 3.40. The van der Waals surface area contributed by atoms with E-state index >= 15 is 0 Å². The molecule has 0 spiro atoms. The van der Waals surface area contributed by atoms with Crippen LogP contribution in [0.25, 0.3) is 5.69 Å². The quantitative estimate of drug-likeness (QED) is 0.744. The molecule has 1 aliphatic rings. The average Bonchev–Trinajstić information content (AvgIpc) is 3.34. The van der Waals surface area contributed by atoms with Gasteiger partial charge < -0.3 is 10.2 Å². The molecule has 4 rings (SSSR count). The Morgan fingerprint density at radius 2 is 1.78 bits per heavy atom. The number of tetrazole rings is 1. The first-order valence-corrected chi connectivity index (χ1v) is 8.93. The number of fused-ring (bicyclic) bond motifs is 1. The fraction of sp³-hybridized carbons (Fsp3) is 0.300. The minimum atomic E-state index is -0.0916. The SMILES string of the molecule is CN(C)C1(CNC(=O)c2ccc(-n3cnnn3)cc2)Cc2ccccc2C1. The van der Waals surface area contributed by atoms with Crippen LogP contribution in [0.2, 0.25) is 0 Å². The molecule has 1 aliphatic carbocycles. The fourth-order valence-electron chi connectivity index (χ4n) is 3.67. The molecule has 0 unspecified atom stereocenters. The van der Waals surface area contributed by atoms with Crippen LogP contribution >= 0.6 is 0 Å². The van der Waals surface area contributed by atoms with Gasteiger partial charge in [-0.2, -0.15) is 0 Å². The summed E-state index contributed by atoms with van der Waals surface area (Å²) in [5.41, 5.74) is 4.08. The topological polar surface area (TPSA) is 75.9 Å². The van der Waals surface area contributed by atoms with Gasteiger partial charge in [0.25, 0.3) is 5.91 Å². The first-order valence-electron chi connectivity index (χ1n) is 8.93. The van der Waals surface area contributed by atoms with Gasteiger partial charge in [0.1, 0.15) is 6.33 Å². The molecule has 1 N–H and O–H groups in total. The van der Waals surface area contributed by atoms with Crippen molar-refractivity contribution < 1.29 is 4.79 Å². The first-order chi connectivity index (χ1) is 13.1. The lowest BCUT2D eigenvalue weighted by Gasteiger charge is -2.36.